The summed E-state index contributed by atoms with van der Waals surface area (Å²) in [6.07, 6.45) is 3.43. The standard InChI is InChI=1S/C16H18N2O3/c1-11(12-5-4-8-17-10-12)18-16(19)14-9-13(20-2)6-7-15(14)21-3/h4-11H,1-3H3,(H,18,19). The summed E-state index contributed by atoms with van der Waals surface area (Å²) >= 11 is 0. The molecule has 0 saturated heterocycles. The molecule has 21 heavy (non-hydrogen) atoms. The topological polar surface area (TPSA) is 60.5 Å². The average Bonchev–Trinajstić information content (AvgIpc) is 2.54. The van der Waals surface area contributed by atoms with Gasteiger partial charge in [0.15, 0.2) is 0 Å². The molecule has 1 unspecified atom stereocenters. The van der Waals surface area contributed by atoms with Gasteiger partial charge in [-0.1, -0.05) is 6.07 Å². The number of hydrogen-bond acceptors (Lipinski definition) is 4. The Kier molecular flexibility index (Phi) is 4.77. The van der Waals surface area contributed by atoms with Crippen LogP contribution in [0.1, 0.15) is 28.9 Å². The fourth-order valence-corrected chi connectivity index (χ4v) is 1.98. The van der Waals surface area contributed by atoms with Crippen molar-refractivity contribution in [3.63, 3.8) is 0 Å². The second-order valence-electron chi connectivity index (χ2n) is 4.55. The van der Waals surface area contributed by atoms with Crippen molar-refractivity contribution in [2.45, 2.75) is 13.0 Å². The number of rotatable bonds is 5. The Labute approximate surface area is 123 Å². The number of methoxy groups -OCH3 is 2. The summed E-state index contributed by atoms with van der Waals surface area (Å²) in [6, 6.07) is 8.72. The summed E-state index contributed by atoms with van der Waals surface area (Å²) in [7, 11) is 3.09. The second-order valence-corrected chi connectivity index (χ2v) is 4.55. The molecule has 5 heteroatoms. The molecular formula is C16H18N2O3. The van der Waals surface area contributed by atoms with Crippen LogP contribution >= 0.6 is 0 Å². The number of benzene rings is 1. The zero-order chi connectivity index (χ0) is 15.2. The van der Waals surface area contributed by atoms with Crippen LogP contribution in [0.25, 0.3) is 0 Å². The molecule has 1 N–H and O–H groups in total. The largest absolute Gasteiger partial charge is 0.497 e. The van der Waals surface area contributed by atoms with Gasteiger partial charge in [0, 0.05) is 12.4 Å². The van der Waals surface area contributed by atoms with Crippen molar-refractivity contribution in [2.75, 3.05) is 14.2 Å². The molecule has 2 aromatic rings. The van der Waals surface area contributed by atoms with Gasteiger partial charge >= 0.3 is 0 Å². The maximum atomic E-state index is 12.4. The number of carbonyl (C=O) groups excluding carboxylic acids is 1. The number of nitrogens with one attached hydrogen (secondary N) is 1. The highest BCUT2D eigenvalue weighted by molar-refractivity contribution is 5.97. The Morgan fingerprint density at radius 1 is 1.24 bits per heavy atom. The molecule has 0 bridgehead atoms. The van der Waals surface area contributed by atoms with Crippen LogP contribution in [0, 0.1) is 0 Å². The predicted molar refractivity (Wildman–Crippen MR) is 79.7 cm³/mol. The predicted octanol–water partition coefficient (Wildman–Crippen LogP) is 2.59. The first-order valence-corrected chi connectivity index (χ1v) is 6.58. The van der Waals surface area contributed by atoms with Crippen LogP contribution in [0.4, 0.5) is 0 Å². The molecule has 5 nitrogen and oxygen atoms in total. The third kappa shape index (κ3) is 3.51. The molecule has 0 fully saturated rings. The normalized spacial score (nSPS) is 11.6. The molecular weight excluding hydrogens is 268 g/mol. The van der Waals surface area contributed by atoms with Gasteiger partial charge in [0.05, 0.1) is 25.8 Å². The summed E-state index contributed by atoms with van der Waals surface area (Å²) in [5, 5.41) is 2.92. The smallest absolute Gasteiger partial charge is 0.255 e. The first kappa shape index (κ1) is 14.8. The first-order valence-electron chi connectivity index (χ1n) is 6.58. The summed E-state index contributed by atoms with van der Waals surface area (Å²) in [6.45, 7) is 1.90. The van der Waals surface area contributed by atoms with E-state index in [0.29, 0.717) is 17.1 Å². The maximum Gasteiger partial charge on any atom is 0.255 e. The number of aromatic nitrogens is 1. The molecule has 1 heterocycles. The number of carbonyl (C=O) groups is 1. The zero-order valence-corrected chi connectivity index (χ0v) is 12.3. The van der Waals surface area contributed by atoms with Crippen LogP contribution < -0.4 is 14.8 Å². The fourth-order valence-electron chi connectivity index (χ4n) is 1.98. The molecule has 0 spiro atoms. The second kappa shape index (κ2) is 6.74. The van der Waals surface area contributed by atoms with Crippen molar-refractivity contribution in [2.24, 2.45) is 0 Å². The number of amides is 1. The maximum absolute atomic E-state index is 12.4. The molecule has 0 aliphatic heterocycles. The minimum Gasteiger partial charge on any atom is -0.497 e. The Morgan fingerprint density at radius 2 is 2.05 bits per heavy atom. The van der Waals surface area contributed by atoms with E-state index < -0.39 is 0 Å². The van der Waals surface area contributed by atoms with E-state index in [2.05, 4.69) is 10.3 Å². The highest BCUT2D eigenvalue weighted by atomic mass is 16.5. The Hall–Kier alpha value is -2.56. The molecule has 1 amide bonds. The van der Waals surface area contributed by atoms with Gasteiger partial charge in [0.25, 0.3) is 5.91 Å². The fraction of sp³-hybridized carbons (Fsp3) is 0.250. The number of hydrogen-bond donors (Lipinski definition) is 1. The van der Waals surface area contributed by atoms with E-state index in [0.717, 1.165) is 5.56 Å². The molecule has 2 rings (SSSR count). The third-order valence-electron chi connectivity index (χ3n) is 3.18. The summed E-state index contributed by atoms with van der Waals surface area (Å²) in [5.41, 5.74) is 1.38. The SMILES string of the molecule is COc1ccc(OC)c(C(=O)NC(C)c2cccnc2)c1. The van der Waals surface area contributed by atoms with Gasteiger partial charge in [-0.25, -0.2) is 0 Å². The Bertz CT molecular complexity index is 614. The van der Waals surface area contributed by atoms with E-state index >= 15 is 0 Å². The van der Waals surface area contributed by atoms with Crippen LogP contribution in [0.15, 0.2) is 42.7 Å². The van der Waals surface area contributed by atoms with E-state index in [1.54, 1.807) is 37.7 Å². The molecule has 1 aromatic carbocycles. The molecule has 0 radical (unpaired) electrons. The van der Waals surface area contributed by atoms with E-state index in [9.17, 15) is 4.79 Å². The van der Waals surface area contributed by atoms with Crippen molar-refractivity contribution in [3.8, 4) is 11.5 Å². The lowest BCUT2D eigenvalue weighted by Gasteiger charge is -2.16. The highest BCUT2D eigenvalue weighted by Gasteiger charge is 2.16. The molecule has 0 aliphatic rings. The quantitative estimate of drug-likeness (QED) is 0.917. The van der Waals surface area contributed by atoms with E-state index in [-0.39, 0.29) is 11.9 Å². The van der Waals surface area contributed by atoms with Crippen LogP contribution in [0.5, 0.6) is 11.5 Å². The minimum absolute atomic E-state index is 0.151. The summed E-state index contributed by atoms with van der Waals surface area (Å²) < 4.78 is 10.4. The molecule has 110 valence electrons. The van der Waals surface area contributed by atoms with Crippen molar-refractivity contribution < 1.29 is 14.3 Å². The lowest BCUT2D eigenvalue weighted by atomic mass is 10.1. The van der Waals surface area contributed by atoms with Crippen molar-refractivity contribution in [1.29, 1.82) is 0 Å². The summed E-state index contributed by atoms with van der Waals surface area (Å²) in [5.74, 6) is 0.892. The van der Waals surface area contributed by atoms with Gasteiger partial charge in [-0.3, -0.25) is 9.78 Å². The molecule has 1 atom stereocenters. The third-order valence-corrected chi connectivity index (χ3v) is 3.18. The number of nitrogens with zero attached hydrogens (tertiary/aromatic N) is 1. The van der Waals surface area contributed by atoms with E-state index in [4.69, 9.17) is 9.47 Å². The minimum atomic E-state index is -0.220. The monoisotopic (exact) mass is 286 g/mol. The van der Waals surface area contributed by atoms with Gasteiger partial charge in [-0.2, -0.15) is 0 Å². The molecule has 0 saturated carbocycles. The Balaban J connectivity index is 2.20. The summed E-state index contributed by atoms with van der Waals surface area (Å²) in [4.78, 5) is 16.5. The van der Waals surface area contributed by atoms with Gasteiger partial charge in [-0.05, 0) is 36.8 Å². The number of pyridine rings is 1. The van der Waals surface area contributed by atoms with Gasteiger partial charge in [-0.15, -0.1) is 0 Å². The van der Waals surface area contributed by atoms with E-state index in [1.807, 2.05) is 19.1 Å². The lowest BCUT2D eigenvalue weighted by Crippen LogP contribution is -2.27. The molecule has 1 aromatic heterocycles. The van der Waals surface area contributed by atoms with Crippen LogP contribution in [-0.2, 0) is 0 Å². The van der Waals surface area contributed by atoms with Crippen molar-refractivity contribution in [1.82, 2.24) is 10.3 Å². The average molecular weight is 286 g/mol. The lowest BCUT2D eigenvalue weighted by molar-refractivity contribution is 0.0936. The van der Waals surface area contributed by atoms with Crippen LogP contribution in [0.2, 0.25) is 0 Å². The van der Waals surface area contributed by atoms with Crippen molar-refractivity contribution >= 4 is 5.91 Å². The highest BCUT2D eigenvalue weighted by Crippen LogP contribution is 2.24. The van der Waals surface area contributed by atoms with Gasteiger partial charge in [0.2, 0.25) is 0 Å². The van der Waals surface area contributed by atoms with Crippen LogP contribution in [0.3, 0.4) is 0 Å². The first-order chi connectivity index (χ1) is 10.2. The van der Waals surface area contributed by atoms with Crippen LogP contribution in [-0.4, -0.2) is 25.1 Å². The zero-order valence-electron chi connectivity index (χ0n) is 12.3. The van der Waals surface area contributed by atoms with Crippen molar-refractivity contribution in [3.05, 3.63) is 53.9 Å². The molecule has 0 aliphatic carbocycles. The van der Waals surface area contributed by atoms with Gasteiger partial charge in [0.1, 0.15) is 11.5 Å². The Morgan fingerprint density at radius 3 is 2.67 bits per heavy atom. The van der Waals surface area contributed by atoms with Gasteiger partial charge < -0.3 is 14.8 Å². The van der Waals surface area contributed by atoms with E-state index in [1.165, 1.54) is 7.11 Å². The number of ether oxygens (including phenoxy) is 2.